The van der Waals surface area contributed by atoms with Gasteiger partial charge in [-0.3, -0.25) is 4.79 Å². The highest BCUT2D eigenvalue weighted by Gasteiger charge is 2.33. The molecule has 2 heterocycles. The van der Waals surface area contributed by atoms with Crippen LogP contribution in [0, 0.1) is 5.41 Å². The lowest BCUT2D eigenvalue weighted by Crippen LogP contribution is -2.44. The van der Waals surface area contributed by atoms with E-state index in [9.17, 15) is 9.59 Å². The Morgan fingerprint density at radius 3 is 2.68 bits per heavy atom. The lowest BCUT2D eigenvalue weighted by molar-refractivity contribution is 0.0506. The Balaban J connectivity index is 2.12. The van der Waals surface area contributed by atoms with Crippen molar-refractivity contribution in [1.82, 2.24) is 4.90 Å². The van der Waals surface area contributed by atoms with E-state index in [-0.39, 0.29) is 22.8 Å². The van der Waals surface area contributed by atoms with Crippen LogP contribution in [0.4, 0.5) is 0 Å². The van der Waals surface area contributed by atoms with Crippen molar-refractivity contribution in [1.29, 1.82) is 0 Å². The summed E-state index contributed by atoms with van der Waals surface area (Å²) in [4.78, 5) is 24.8. The Bertz CT molecular complexity index is 493. The Hall–Kier alpha value is -1.78. The molecule has 1 aliphatic rings. The molecule has 5 nitrogen and oxygen atoms in total. The number of likely N-dealkylation sites (tertiary alicyclic amines) is 1. The van der Waals surface area contributed by atoms with Crippen molar-refractivity contribution in [2.45, 2.75) is 33.1 Å². The minimum absolute atomic E-state index is 0.109. The average Bonchev–Trinajstić information content (AvgIpc) is 2.87. The van der Waals surface area contributed by atoms with Crippen LogP contribution in [0.5, 0.6) is 0 Å². The molecule has 1 aromatic heterocycles. The van der Waals surface area contributed by atoms with Crippen molar-refractivity contribution < 1.29 is 19.1 Å². The highest BCUT2D eigenvalue weighted by Crippen LogP contribution is 2.33. The van der Waals surface area contributed by atoms with Gasteiger partial charge in [-0.15, -0.1) is 0 Å². The summed E-state index contributed by atoms with van der Waals surface area (Å²) in [6, 6.07) is 2.75. The van der Waals surface area contributed by atoms with Gasteiger partial charge in [0.25, 0.3) is 5.91 Å². The molecule has 1 unspecified atom stereocenters. The van der Waals surface area contributed by atoms with Gasteiger partial charge in [0.1, 0.15) is 0 Å². The maximum absolute atomic E-state index is 12.3. The molecule has 1 fully saturated rings. The van der Waals surface area contributed by atoms with Gasteiger partial charge in [0.15, 0.2) is 5.76 Å². The normalized spacial score (nSPS) is 23.4. The van der Waals surface area contributed by atoms with E-state index < -0.39 is 5.97 Å². The molecule has 1 saturated heterocycles. The van der Waals surface area contributed by atoms with Crippen LogP contribution in [0.3, 0.4) is 0 Å². The van der Waals surface area contributed by atoms with Crippen LogP contribution in [0.2, 0.25) is 0 Å². The van der Waals surface area contributed by atoms with Crippen molar-refractivity contribution in [2.75, 3.05) is 13.1 Å². The van der Waals surface area contributed by atoms with Crippen LogP contribution in [-0.2, 0) is 0 Å². The fourth-order valence-electron chi connectivity index (χ4n) is 2.50. The van der Waals surface area contributed by atoms with E-state index in [1.54, 1.807) is 4.90 Å². The van der Waals surface area contributed by atoms with Crippen LogP contribution in [0.25, 0.3) is 0 Å². The molecule has 2 rings (SSSR count). The number of aromatic carboxylic acids is 1. The van der Waals surface area contributed by atoms with E-state index in [0.717, 1.165) is 19.3 Å². The molecule has 19 heavy (non-hydrogen) atoms. The monoisotopic (exact) mass is 265 g/mol. The molecule has 1 aromatic rings. The molecule has 0 spiro atoms. The van der Waals surface area contributed by atoms with Crippen molar-refractivity contribution in [3.05, 3.63) is 23.7 Å². The van der Waals surface area contributed by atoms with Gasteiger partial charge >= 0.3 is 5.97 Å². The summed E-state index contributed by atoms with van der Waals surface area (Å²) < 4.78 is 5.07. The summed E-state index contributed by atoms with van der Waals surface area (Å²) in [5, 5.41) is 8.79. The number of carbonyl (C=O) groups excluding carboxylic acids is 1. The van der Waals surface area contributed by atoms with Gasteiger partial charge in [-0.1, -0.05) is 13.8 Å². The molecule has 0 aromatic carbocycles. The SMILES string of the molecule is CCC1(C)CCCN(C(=O)c2ccc(C(=O)O)o2)C1. The number of hydrogen-bond donors (Lipinski definition) is 1. The third-order valence-electron chi connectivity index (χ3n) is 3.95. The quantitative estimate of drug-likeness (QED) is 0.912. The molecule has 0 radical (unpaired) electrons. The molecule has 104 valence electrons. The zero-order valence-corrected chi connectivity index (χ0v) is 11.3. The molecule has 0 bridgehead atoms. The first-order chi connectivity index (χ1) is 8.95. The van der Waals surface area contributed by atoms with E-state index >= 15 is 0 Å². The number of nitrogens with zero attached hydrogens (tertiary/aromatic N) is 1. The third kappa shape index (κ3) is 2.80. The topological polar surface area (TPSA) is 70.8 Å². The summed E-state index contributed by atoms with van der Waals surface area (Å²) in [6.45, 7) is 5.71. The second-order valence-electron chi connectivity index (χ2n) is 5.46. The molecule has 5 heteroatoms. The summed E-state index contributed by atoms with van der Waals surface area (Å²) in [5.41, 5.74) is 0.149. The van der Waals surface area contributed by atoms with Crippen molar-refractivity contribution in [3.63, 3.8) is 0 Å². The summed E-state index contributed by atoms with van der Waals surface area (Å²) in [7, 11) is 0. The van der Waals surface area contributed by atoms with Crippen LogP contribution in [0.1, 0.15) is 54.2 Å². The van der Waals surface area contributed by atoms with E-state index in [4.69, 9.17) is 9.52 Å². The molecular weight excluding hydrogens is 246 g/mol. The van der Waals surface area contributed by atoms with E-state index in [2.05, 4.69) is 13.8 Å². The molecular formula is C14H19NO4. The molecule has 0 saturated carbocycles. The van der Waals surface area contributed by atoms with Gasteiger partial charge in [0.05, 0.1) is 0 Å². The number of rotatable bonds is 3. The van der Waals surface area contributed by atoms with Gasteiger partial charge in [0, 0.05) is 13.1 Å². The number of carboxylic acid groups (broad SMARTS) is 1. The average molecular weight is 265 g/mol. The largest absolute Gasteiger partial charge is 0.475 e. The van der Waals surface area contributed by atoms with E-state index in [1.807, 2.05) is 0 Å². The van der Waals surface area contributed by atoms with Crippen molar-refractivity contribution >= 4 is 11.9 Å². The fourth-order valence-corrected chi connectivity index (χ4v) is 2.50. The first-order valence-electron chi connectivity index (χ1n) is 6.57. The van der Waals surface area contributed by atoms with Crippen molar-refractivity contribution in [2.24, 2.45) is 5.41 Å². The Kier molecular flexibility index (Phi) is 3.64. The third-order valence-corrected chi connectivity index (χ3v) is 3.95. The molecule has 1 aliphatic heterocycles. The second kappa shape index (κ2) is 5.07. The standard InChI is InChI=1S/C14H19NO4/c1-3-14(2)7-4-8-15(9-14)12(16)10-5-6-11(19-10)13(17)18/h5-6H,3-4,7-9H2,1-2H3,(H,17,18). The number of carbonyl (C=O) groups is 2. The molecule has 1 N–H and O–H groups in total. The predicted molar refractivity (Wildman–Crippen MR) is 69.2 cm³/mol. The maximum atomic E-state index is 12.3. The molecule has 1 atom stereocenters. The summed E-state index contributed by atoms with van der Waals surface area (Å²) in [6.07, 6.45) is 3.11. The lowest BCUT2D eigenvalue weighted by Gasteiger charge is -2.39. The first kappa shape index (κ1) is 13.6. The van der Waals surface area contributed by atoms with Gasteiger partial charge in [0.2, 0.25) is 5.76 Å². The highest BCUT2D eigenvalue weighted by molar-refractivity contribution is 5.93. The number of hydrogen-bond acceptors (Lipinski definition) is 3. The van der Waals surface area contributed by atoms with E-state index in [0.29, 0.717) is 13.1 Å². The van der Waals surface area contributed by atoms with Crippen LogP contribution in [-0.4, -0.2) is 35.0 Å². The number of furan rings is 1. The minimum Gasteiger partial charge on any atom is -0.475 e. The minimum atomic E-state index is -1.16. The number of amides is 1. The number of carboxylic acids is 1. The lowest BCUT2D eigenvalue weighted by atomic mass is 9.79. The Labute approximate surface area is 112 Å². The smallest absolute Gasteiger partial charge is 0.371 e. The fraction of sp³-hybridized carbons (Fsp3) is 0.571. The zero-order chi connectivity index (χ0) is 14.0. The van der Waals surface area contributed by atoms with Crippen LogP contribution >= 0.6 is 0 Å². The van der Waals surface area contributed by atoms with Gasteiger partial charge in [-0.2, -0.15) is 0 Å². The van der Waals surface area contributed by atoms with Gasteiger partial charge in [-0.25, -0.2) is 4.79 Å². The van der Waals surface area contributed by atoms with Crippen molar-refractivity contribution in [3.8, 4) is 0 Å². The van der Waals surface area contributed by atoms with Gasteiger partial charge in [-0.05, 0) is 36.8 Å². The maximum Gasteiger partial charge on any atom is 0.371 e. The summed E-state index contributed by atoms with van der Waals surface area (Å²) >= 11 is 0. The van der Waals surface area contributed by atoms with Crippen LogP contribution < -0.4 is 0 Å². The second-order valence-corrected chi connectivity index (χ2v) is 5.46. The molecule has 1 amide bonds. The number of piperidine rings is 1. The zero-order valence-electron chi connectivity index (χ0n) is 11.3. The summed E-state index contributed by atoms with van der Waals surface area (Å²) in [5.74, 6) is -1.46. The Morgan fingerprint density at radius 1 is 1.42 bits per heavy atom. The Morgan fingerprint density at radius 2 is 2.11 bits per heavy atom. The highest BCUT2D eigenvalue weighted by atomic mass is 16.4. The van der Waals surface area contributed by atoms with Gasteiger partial charge < -0.3 is 14.4 Å². The first-order valence-corrected chi connectivity index (χ1v) is 6.57. The predicted octanol–water partition coefficient (Wildman–Crippen LogP) is 2.63. The van der Waals surface area contributed by atoms with E-state index in [1.165, 1.54) is 12.1 Å². The van der Waals surface area contributed by atoms with Crippen LogP contribution in [0.15, 0.2) is 16.5 Å². The molecule has 0 aliphatic carbocycles.